The van der Waals surface area contributed by atoms with Gasteiger partial charge in [-0.25, -0.2) is 13.4 Å². The summed E-state index contributed by atoms with van der Waals surface area (Å²) >= 11 is 7.61. The Balaban J connectivity index is 1.74. The molecule has 0 radical (unpaired) electrons. The van der Waals surface area contributed by atoms with Crippen LogP contribution in [0.5, 0.6) is 0 Å². The zero-order valence-corrected chi connectivity index (χ0v) is 19.0. The Labute approximate surface area is 185 Å². The maximum Gasteiger partial charge on any atom is 0.244 e. The monoisotopic (exact) mass is 463 g/mol. The number of nitrogens with one attached hydrogen (secondary N) is 1. The van der Waals surface area contributed by atoms with Crippen LogP contribution in [0.4, 0.5) is 5.69 Å². The summed E-state index contributed by atoms with van der Waals surface area (Å²) in [4.78, 5) is 17.0. The summed E-state index contributed by atoms with van der Waals surface area (Å²) in [5.74, 6) is -0.284. The first-order chi connectivity index (χ1) is 14.3. The molecule has 3 rings (SSSR count). The molecule has 0 saturated carbocycles. The van der Waals surface area contributed by atoms with Crippen molar-refractivity contribution in [1.29, 1.82) is 0 Å². The van der Waals surface area contributed by atoms with Gasteiger partial charge in [0.15, 0.2) is 0 Å². The minimum atomic E-state index is -3.74. The molecule has 6 nitrogen and oxygen atoms in total. The van der Waals surface area contributed by atoms with Gasteiger partial charge in [-0.2, -0.15) is 4.31 Å². The fraction of sp³-hybridized carbons (Fsp3) is 0.238. The van der Waals surface area contributed by atoms with E-state index in [1.165, 1.54) is 27.8 Å². The molecule has 1 aromatic heterocycles. The van der Waals surface area contributed by atoms with Gasteiger partial charge in [0.25, 0.3) is 0 Å². The van der Waals surface area contributed by atoms with Crippen molar-refractivity contribution >= 4 is 44.6 Å². The van der Waals surface area contributed by atoms with E-state index in [0.29, 0.717) is 24.5 Å². The number of amides is 1. The van der Waals surface area contributed by atoms with Crippen molar-refractivity contribution < 1.29 is 13.2 Å². The van der Waals surface area contributed by atoms with E-state index >= 15 is 0 Å². The lowest BCUT2D eigenvalue weighted by Crippen LogP contribution is -2.31. The number of nitrogens with zero attached hydrogens (tertiary/aromatic N) is 2. The highest BCUT2D eigenvalue weighted by atomic mass is 35.5. The average Bonchev–Trinajstić information content (AvgIpc) is 3.19. The first kappa shape index (κ1) is 22.4. The molecule has 1 heterocycles. The number of hydrogen-bond donors (Lipinski definition) is 1. The van der Waals surface area contributed by atoms with Crippen molar-refractivity contribution in [3.05, 3.63) is 64.6 Å². The van der Waals surface area contributed by atoms with Gasteiger partial charge in [-0.15, -0.1) is 11.3 Å². The van der Waals surface area contributed by atoms with Crippen LogP contribution < -0.4 is 5.32 Å². The number of thiazole rings is 1. The van der Waals surface area contributed by atoms with Crippen molar-refractivity contribution in [2.45, 2.75) is 25.2 Å². The van der Waals surface area contributed by atoms with Crippen LogP contribution >= 0.6 is 22.9 Å². The summed E-state index contributed by atoms with van der Waals surface area (Å²) in [6, 6.07) is 14.2. The van der Waals surface area contributed by atoms with E-state index in [0.717, 1.165) is 10.6 Å². The van der Waals surface area contributed by atoms with Crippen LogP contribution in [-0.2, 0) is 21.2 Å². The van der Waals surface area contributed by atoms with Crippen LogP contribution in [0.1, 0.15) is 19.5 Å². The Morgan fingerprint density at radius 3 is 2.50 bits per heavy atom. The van der Waals surface area contributed by atoms with Crippen molar-refractivity contribution in [2.24, 2.45) is 0 Å². The lowest BCUT2D eigenvalue weighted by atomic mass is 10.2. The van der Waals surface area contributed by atoms with Crippen LogP contribution in [0.3, 0.4) is 0 Å². The zero-order chi connectivity index (χ0) is 21.7. The van der Waals surface area contributed by atoms with Gasteiger partial charge in [0, 0.05) is 29.7 Å². The van der Waals surface area contributed by atoms with Gasteiger partial charge in [-0.3, -0.25) is 4.79 Å². The number of halogens is 1. The third-order valence-electron chi connectivity index (χ3n) is 4.45. The van der Waals surface area contributed by atoms with E-state index in [1.807, 2.05) is 35.7 Å². The van der Waals surface area contributed by atoms with Gasteiger partial charge in [0.2, 0.25) is 15.9 Å². The molecule has 0 spiro atoms. The van der Waals surface area contributed by atoms with Crippen molar-refractivity contribution in [1.82, 2.24) is 9.29 Å². The van der Waals surface area contributed by atoms with Gasteiger partial charge < -0.3 is 5.32 Å². The molecule has 0 aliphatic heterocycles. The molecule has 3 aromatic rings. The topological polar surface area (TPSA) is 79.4 Å². The van der Waals surface area contributed by atoms with Gasteiger partial charge in [-0.1, -0.05) is 55.8 Å². The van der Waals surface area contributed by atoms with E-state index in [-0.39, 0.29) is 22.2 Å². The van der Waals surface area contributed by atoms with E-state index in [2.05, 4.69) is 10.3 Å². The molecule has 0 fully saturated rings. The summed E-state index contributed by atoms with van der Waals surface area (Å²) < 4.78 is 26.9. The van der Waals surface area contributed by atoms with E-state index in [9.17, 15) is 13.2 Å². The molecule has 9 heteroatoms. The number of aromatic nitrogens is 1. The number of rotatable bonds is 8. The van der Waals surface area contributed by atoms with E-state index in [1.54, 1.807) is 19.9 Å². The Morgan fingerprint density at radius 1 is 1.13 bits per heavy atom. The molecule has 1 amide bonds. The molecule has 0 atom stereocenters. The molecule has 0 aliphatic carbocycles. The second kappa shape index (κ2) is 9.70. The normalized spacial score (nSPS) is 11.6. The number of carbonyl (C=O) groups excluding carboxylic acids is 1. The highest BCUT2D eigenvalue weighted by Gasteiger charge is 2.25. The minimum Gasteiger partial charge on any atom is -0.326 e. The van der Waals surface area contributed by atoms with Crippen LogP contribution in [0, 0.1) is 0 Å². The van der Waals surface area contributed by atoms with Gasteiger partial charge >= 0.3 is 0 Å². The lowest BCUT2D eigenvalue weighted by Gasteiger charge is -2.19. The minimum absolute atomic E-state index is 0.0225. The number of carbonyl (C=O) groups is 1. The highest BCUT2D eigenvalue weighted by molar-refractivity contribution is 7.89. The van der Waals surface area contributed by atoms with Gasteiger partial charge in [0.1, 0.15) is 9.90 Å². The average molecular weight is 464 g/mol. The standard InChI is InChI=1S/C21H22ClN3O3S2/c1-3-25(4-2)30(27,28)19-12-16(10-11-18(19)22)23-20(26)13-17-14-29-21(24-17)15-8-6-5-7-9-15/h5-12,14H,3-4,13H2,1-2H3,(H,23,26). The molecule has 2 aromatic carbocycles. The number of benzene rings is 2. The van der Waals surface area contributed by atoms with Crippen LogP contribution in [0.25, 0.3) is 10.6 Å². The van der Waals surface area contributed by atoms with Gasteiger partial charge in [0.05, 0.1) is 17.1 Å². The molecule has 0 aliphatic rings. The zero-order valence-electron chi connectivity index (χ0n) is 16.6. The lowest BCUT2D eigenvalue weighted by molar-refractivity contribution is -0.115. The largest absolute Gasteiger partial charge is 0.326 e. The fourth-order valence-electron chi connectivity index (χ4n) is 2.95. The highest BCUT2D eigenvalue weighted by Crippen LogP contribution is 2.28. The molecule has 0 bridgehead atoms. The Hall–Kier alpha value is -2.26. The maximum absolute atomic E-state index is 12.8. The van der Waals surface area contributed by atoms with Gasteiger partial charge in [-0.05, 0) is 18.2 Å². The first-order valence-electron chi connectivity index (χ1n) is 9.44. The first-order valence-corrected chi connectivity index (χ1v) is 12.1. The molecule has 0 unspecified atom stereocenters. The maximum atomic E-state index is 12.8. The Bertz CT molecular complexity index is 1130. The third-order valence-corrected chi connectivity index (χ3v) is 7.92. The van der Waals surface area contributed by atoms with Crippen LogP contribution in [-0.4, -0.2) is 36.7 Å². The summed E-state index contributed by atoms with van der Waals surface area (Å²) in [5.41, 5.74) is 2.02. The SMILES string of the molecule is CCN(CC)S(=O)(=O)c1cc(NC(=O)Cc2csc(-c3ccccc3)n2)ccc1Cl. The number of sulfonamides is 1. The van der Waals surface area contributed by atoms with Crippen molar-refractivity contribution in [3.63, 3.8) is 0 Å². The van der Waals surface area contributed by atoms with Crippen LogP contribution in [0.2, 0.25) is 5.02 Å². The van der Waals surface area contributed by atoms with Crippen molar-refractivity contribution in [2.75, 3.05) is 18.4 Å². The summed E-state index contributed by atoms with van der Waals surface area (Å²) in [5, 5.41) is 5.55. The number of anilines is 1. The smallest absolute Gasteiger partial charge is 0.244 e. The summed E-state index contributed by atoms with van der Waals surface area (Å²) in [6.07, 6.45) is 0.0874. The second-order valence-corrected chi connectivity index (χ2v) is 9.64. The predicted octanol–water partition coefficient (Wildman–Crippen LogP) is 4.68. The quantitative estimate of drug-likeness (QED) is 0.526. The predicted molar refractivity (Wildman–Crippen MR) is 121 cm³/mol. The van der Waals surface area contributed by atoms with Crippen molar-refractivity contribution in [3.8, 4) is 10.6 Å². The molecule has 1 N–H and O–H groups in total. The summed E-state index contributed by atoms with van der Waals surface area (Å²) in [7, 11) is -3.74. The third kappa shape index (κ3) is 5.07. The van der Waals surface area contributed by atoms with E-state index in [4.69, 9.17) is 11.6 Å². The second-order valence-electron chi connectivity index (χ2n) is 6.47. The molecule has 0 saturated heterocycles. The number of hydrogen-bond acceptors (Lipinski definition) is 5. The molecular formula is C21H22ClN3O3S2. The van der Waals surface area contributed by atoms with Crippen LogP contribution in [0.15, 0.2) is 58.8 Å². The molecule has 30 heavy (non-hydrogen) atoms. The fourth-order valence-corrected chi connectivity index (χ4v) is 5.74. The Morgan fingerprint density at radius 2 is 1.83 bits per heavy atom. The molecule has 158 valence electrons. The molecular weight excluding hydrogens is 442 g/mol. The van der Waals surface area contributed by atoms with E-state index < -0.39 is 10.0 Å². The summed E-state index contributed by atoms with van der Waals surface area (Å²) in [6.45, 7) is 4.19. The Kier molecular flexibility index (Phi) is 7.25.